The summed E-state index contributed by atoms with van der Waals surface area (Å²) in [4.78, 5) is 24.6. The average molecular weight is 442 g/mol. The molecule has 162 valence electrons. The van der Waals surface area contributed by atoms with Gasteiger partial charge in [-0.25, -0.2) is 4.39 Å². The van der Waals surface area contributed by atoms with Gasteiger partial charge >= 0.3 is 0 Å². The zero-order valence-electron chi connectivity index (χ0n) is 17.8. The van der Waals surface area contributed by atoms with Crippen molar-refractivity contribution in [1.82, 2.24) is 20.1 Å². The number of rotatable bonds is 7. The van der Waals surface area contributed by atoms with Crippen molar-refractivity contribution in [2.75, 3.05) is 11.1 Å². The summed E-state index contributed by atoms with van der Waals surface area (Å²) in [5, 5.41) is 14.4. The Hall–Kier alpha value is -3.20. The Bertz CT molecular complexity index is 1090. The fraction of sp³-hybridized carbons (Fsp3) is 0.273. The molecule has 1 atom stereocenters. The van der Waals surface area contributed by atoms with Crippen molar-refractivity contribution in [1.29, 1.82) is 0 Å². The van der Waals surface area contributed by atoms with Crippen LogP contribution >= 0.6 is 11.8 Å². The van der Waals surface area contributed by atoms with Gasteiger partial charge in [0.15, 0.2) is 11.0 Å². The van der Waals surface area contributed by atoms with Crippen molar-refractivity contribution in [3.05, 3.63) is 70.8 Å². The van der Waals surface area contributed by atoms with Crippen LogP contribution in [0.15, 0.2) is 47.6 Å². The zero-order valence-corrected chi connectivity index (χ0v) is 18.6. The van der Waals surface area contributed by atoms with Crippen molar-refractivity contribution in [2.45, 2.75) is 32.0 Å². The van der Waals surface area contributed by atoms with Gasteiger partial charge in [-0.05, 0) is 56.2 Å². The molecule has 0 aliphatic heterocycles. The number of aromatic nitrogens is 3. The summed E-state index contributed by atoms with van der Waals surface area (Å²) in [6, 6.07) is 11.1. The summed E-state index contributed by atoms with van der Waals surface area (Å²) in [6.07, 6.45) is 0. The molecule has 0 saturated carbocycles. The highest BCUT2D eigenvalue weighted by Gasteiger charge is 2.20. The van der Waals surface area contributed by atoms with Gasteiger partial charge in [-0.1, -0.05) is 30.0 Å². The Morgan fingerprint density at radius 3 is 2.48 bits per heavy atom. The maximum absolute atomic E-state index is 13.8. The number of anilines is 1. The molecule has 0 saturated heterocycles. The fourth-order valence-corrected chi connectivity index (χ4v) is 3.91. The highest BCUT2D eigenvalue weighted by atomic mass is 32.2. The number of hydrogen-bond acceptors (Lipinski definition) is 5. The molecule has 7 nitrogen and oxygen atoms in total. The van der Waals surface area contributed by atoms with Gasteiger partial charge in [-0.2, -0.15) is 0 Å². The van der Waals surface area contributed by atoms with Crippen molar-refractivity contribution in [3.8, 4) is 0 Å². The molecule has 1 heterocycles. The number of hydrogen-bond donors (Lipinski definition) is 2. The van der Waals surface area contributed by atoms with Crippen LogP contribution in [0.3, 0.4) is 0 Å². The number of carbonyl (C=O) groups excluding carboxylic acids is 2. The number of nitrogens with one attached hydrogen (secondary N) is 2. The normalized spacial score (nSPS) is 11.8. The van der Waals surface area contributed by atoms with Crippen LogP contribution in [0.25, 0.3) is 0 Å². The first-order chi connectivity index (χ1) is 14.7. The Balaban J connectivity index is 1.59. The van der Waals surface area contributed by atoms with E-state index in [0.29, 0.717) is 11.0 Å². The van der Waals surface area contributed by atoms with Crippen molar-refractivity contribution >= 4 is 29.3 Å². The summed E-state index contributed by atoms with van der Waals surface area (Å²) in [5.74, 6) is -0.608. The number of benzene rings is 2. The molecule has 0 bridgehead atoms. The van der Waals surface area contributed by atoms with E-state index in [-0.39, 0.29) is 17.2 Å². The van der Waals surface area contributed by atoms with Gasteiger partial charge in [0.2, 0.25) is 5.91 Å². The monoisotopic (exact) mass is 441 g/mol. The number of halogens is 1. The molecule has 1 unspecified atom stereocenters. The van der Waals surface area contributed by atoms with E-state index in [1.807, 2.05) is 32.0 Å². The summed E-state index contributed by atoms with van der Waals surface area (Å²) in [7, 11) is 1.76. The van der Waals surface area contributed by atoms with E-state index in [9.17, 15) is 14.0 Å². The van der Waals surface area contributed by atoms with E-state index in [1.165, 1.54) is 30.0 Å². The molecule has 3 rings (SSSR count). The number of amides is 2. The zero-order chi connectivity index (χ0) is 22.5. The summed E-state index contributed by atoms with van der Waals surface area (Å²) < 4.78 is 15.5. The molecule has 0 fully saturated rings. The smallest absolute Gasteiger partial charge is 0.254 e. The first-order valence-corrected chi connectivity index (χ1v) is 10.7. The predicted molar refractivity (Wildman–Crippen MR) is 119 cm³/mol. The van der Waals surface area contributed by atoms with Crippen LogP contribution in [0.1, 0.15) is 40.3 Å². The average Bonchev–Trinajstić information content (AvgIpc) is 3.06. The largest absolute Gasteiger partial charge is 0.342 e. The standard InChI is InChI=1S/C22H24FN5O2S/c1-13-9-14(2)11-16(10-13)25-19(29)12-31-22-27-26-20(28(22)4)15(3)24-21(30)17-7-5-6-8-18(17)23/h5-11,15H,12H2,1-4H3,(H,24,30)(H,25,29). The molecular formula is C22H24FN5O2S. The van der Waals surface area contributed by atoms with E-state index in [2.05, 4.69) is 20.8 Å². The van der Waals surface area contributed by atoms with Crippen molar-refractivity contribution < 1.29 is 14.0 Å². The molecule has 0 aliphatic carbocycles. The summed E-state index contributed by atoms with van der Waals surface area (Å²) in [5.41, 5.74) is 2.88. The molecule has 1 aromatic heterocycles. The van der Waals surface area contributed by atoms with Gasteiger partial charge in [0.25, 0.3) is 5.91 Å². The number of nitrogens with zero attached hydrogens (tertiary/aromatic N) is 3. The second-order valence-corrected chi connectivity index (χ2v) is 8.23. The Labute approximate surface area is 184 Å². The molecular weight excluding hydrogens is 417 g/mol. The maximum Gasteiger partial charge on any atom is 0.254 e. The third kappa shape index (κ3) is 5.69. The molecule has 31 heavy (non-hydrogen) atoms. The number of thioether (sulfide) groups is 1. The van der Waals surface area contributed by atoms with Gasteiger partial charge in [-0.15, -0.1) is 10.2 Å². The molecule has 0 aliphatic rings. The van der Waals surface area contributed by atoms with E-state index in [0.717, 1.165) is 16.8 Å². The lowest BCUT2D eigenvalue weighted by Crippen LogP contribution is -2.29. The van der Waals surface area contributed by atoms with Gasteiger partial charge < -0.3 is 15.2 Å². The number of aryl methyl sites for hydroxylation is 2. The Morgan fingerprint density at radius 1 is 1.13 bits per heavy atom. The molecule has 2 N–H and O–H groups in total. The SMILES string of the molecule is Cc1cc(C)cc(NC(=O)CSc2nnc(C(C)NC(=O)c3ccccc3F)n2C)c1. The van der Waals surface area contributed by atoms with E-state index in [4.69, 9.17) is 0 Å². The van der Waals surface area contributed by atoms with Crippen LogP contribution in [-0.2, 0) is 11.8 Å². The molecule has 0 spiro atoms. The second-order valence-electron chi connectivity index (χ2n) is 7.29. The lowest BCUT2D eigenvalue weighted by Gasteiger charge is -2.14. The van der Waals surface area contributed by atoms with Gasteiger partial charge in [0, 0.05) is 12.7 Å². The van der Waals surface area contributed by atoms with E-state index < -0.39 is 17.8 Å². The van der Waals surface area contributed by atoms with Crippen LogP contribution in [0.4, 0.5) is 10.1 Å². The quantitative estimate of drug-likeness (QED) is 0.545. The van der Waals surface area contributed by atoms with Gasteiger partial charge in [-0.3, -0.25) is 9.59 Å². The Kier molecular flexibility index (Phi) is 7.06. The van der Waals surface area contributed by atoms with Crippen LogP contribution in [0.5, 0.6) is 0 Å². The van der Waals surface area contributed by atoms with Crippen LogP contribution in [0, 0.1) is 19.7 Å². The Morgan fingerprint density at radius 2 is 1.81 bits per heavy atom. The molecule has 9 heteroatoms. The molecule has 0 radical (unpaired) electrons. The van der Waals surface area contributed by atoms with E-state index >= 15 is 0 Å². The van der Waals surface area contributed by atoms with Gasteiger partial charge in [0.1, 0.15) is 5.82 Å². The predicted octanol–water partition coefficient (Wildman–Crippen LogP) is 3.79. The van der Waals surface area contributed by atoms with Crippen LogP contribution in [0.2, 0.25) is 0 Å². The topological polar surface area (TPSA) is 88.9 Å². The fourth-order valence-electron chi connectivity index (χ4n) is 3.19. The van der Waals surface area contributed by atoms with Crippen LogP contribution in [-0.4, -0.2) is 32.3 Å². The molecule has 2 amide bonds. The van der Waals surface area contributed by atoms with Crippen molar-refractivity contribution in [3.63, 3.8) is 0 Å². The summed E-state index contributed by atoms with van der Waals surface area (Å²) >= 11 is 1.24. The molecule has 3 aromatic rings. The lowest BCUT2D eigenvalue weighted by atomic mass is 10.1. The first kappa shape index (κ1) is 22.5. The lowest BCUT2D eigenvalue weighted by molar-refractivity contribution is -0.113. The number of carbonyl (C=O) groups is 2. The minimum absolute atomic E-state index is 0.0332. The van der Waals surface area contributed by atoms with Crippen molar-refractivity contribution in [2.24, 2.45) is 7.05 Å². The van der Waals surface area contributed by atoms with Gasteiger partial charge in [0.05, 0.1) is 17.4 Å². The summed E-state index contributed by atoms with van der Waals surface area (Å²) in [6.45, 7) is 5.69. The third-order valence-corrected chi connectivity index (χ3v) is 5.58. The second kappa shape index (κ2) is 9.74. The maximum atomic E-state index is 13.8. The first-order valence-electron chi connectivity index (χ1n) is 9.70. The third-order valence-electron chi connectivity index (χ3n) is 4.56. The minimum atomic E-state index is -0.587. The minimum Gasteiger partial charge on any atom is -0.342 e. The highest BCUT2D eigenvalue weighted by Crippen LogP contribution is 2.20. The molecule has 2 aromatic carbocycles. The highest BCUT2D eigenvalue weighted by molar-refractivity contribution is 7.99. The van der Waals surface area contributed by atoms with E-state index in [1.54, 1.807) is 24.6 Å². The van der Waals surface area contributed by atoms with Crippen LogP contribution < -0.4 is 10.6 Å².